The van der Waals surface area contributed by atoms with Crippen LogP contribution in [0.2, 0.25) is 0 Å². The van der Waals surface area contributed by atoms with Crippen LogP contribution in [0.5, 0.6) is 0 Å². The average molecular weight is 471 g/mol. The molecule has 1 aliphatic rings. The number of hydrogen-bond donors (Lipinski definition) is 1. The van der Waals surface area contributed by atoms with Crippen LogP contribution < -0.4 is 5.32 Å². The first kappa shape index (κ1) is 20.3. The number of benzene rings is 2. The number of aromatic nitrogens is 2. The third-order valence-corrected chi connectivity index (χ3v) is 5.49. The van der Waals surface area contributed by atoms with E-state index in [1.807, 2.05) is 38.1 Å². The van der Waals surface area contributed by atoms with Gasteiger partial charge in [0.2, 0.25) is 6.10 Å². The molecule has 6 nitrogen and oxygen atoms in total. The van der Waals surface area contributed by atoms with E-state index in [2.05, 4.69) is 31.5 Å². The van der Waals surface area contributed by atoms with Crippen LogP contribution in [0.1, 0.15) is 28.9 Å². The van der Waals surface area contributed by atoms with Gasteiger partial charge in [0, 0.05) is 16.5 Å². The summed E-state index contributed by atoms with van der Waals surface area (Å²) >= 11 is 3.44. The summed E-state index contributed by atoms with van der Waals surface area (Å²) in [6.45, 7) is 4.21. The number of rotatable bonds is 5. The predicted octanol–water partition coefficient (Wildman–Crippen LogP) is 4.58. The normalized spacial score (nSPS) is 15.6. The molecule has 4 rings (SSSR count). The molecule has 2 aromatic carbocycles. The number of nitrogens with zero attached hydrogens (tertiary/aromatic N) is 3. The summed E-state index contributed by atoms with van der Waals surface area (Å²) in [6, 6.07) is 14.0. The van der Waals surface area contributed by atoms with Crippen LogP contribution in [0.15, 0.2) is 58.2 Å². The molecule has 0 bridgehead atoms. The third kappa shape index (κ3) is 4.28. The molecular weight excluding hydrogens is 451 g/mol. The Kier molecular flexibility index (Phi) is 5.67. The van der Waals surface area contributed by atoms with Gasteiger partial charge >= 0.3 is 0 Å². The van der Waals surface area contributed by atoms with Crippen molar-refractivity contribution in [2.75, 3.05) is 5.32 Å². The number of nitrogens with one attached hydrogen (secondary N) is 1. The van der Waals surface area contributed by atoms with Crippen molar-refractivity contribution in [3.8, 4) is 0 Å². The zero-order valence-corrected chi connectivity index (χ0v) is 18.1. The molecule has 1 amide bonds. The van der Waals surface area contributed by atoms with E-state index in [1.54, 1.807) is 16.8 Å². The molecule has 0 saturated carbocycles. The third-order valence-electron chi connectivity index (χ3n) is 4.99. The minimum absolute atomic E-state index is 0.267. The fourth-order valence-corrected chi connectivity index (χ4v) is 3.75. The predicted molar refractivity (Wildman–Crippen MR) is 116 cm³/mol. The van der Waals surface area contributed by atoms with E-state index in [0.717, 1.165) is 27.0 Å². The van der Waals surface area contributed by atoms with Gasteiger partial charge in [-0.1, -0.05) is 45.4 Å². The molecule has 0 radical (unpaired) electrons. The number of aryl methyl sites for hydroxylation is 1. The quantitative estimate of drug-likeness (QED) is 0.593. The van der Waals surface area contributed by atoms with Crippen LogP contribution in [0, 0.1) is 19.7 Å². The van der Waals surface area contributed by atoms with Gasteiger partial charge in [0.25, 0.3) is 5.91 Å². The lowest BCUT2D eigenvalue weighted by Gasteiger charge is -2.10. The van der Waals surface area contributed by atoms with Gasteiger partial charge in [0.05, 0.1) is 29.3 Å². The summed E-state index contributed by atoms with van der Waals surface area (Å²) in [5.74, 6) is -0.544. The van der Waals surface area contributed by atoms with Crippen molar-refractivity contribution in [1.29, 1.82) is 0 Å². The highest BCUT2D eigenvalue weighted by atomic mass is 79.9. The molecule has 1 aromatic heterocycles. The van der Waals surface area contributed by atoms with Gasteiger partial charge in [-0.15, -0.1) is 0 Å². The van der Waals surface area contributed by atoms with E-state index in [9.17, 15) is 9.18 Å². The molecule has 0 fully saturated rings. The van der Waals surface area contributed by atoms with Gasteiger partial charge in [-0.2, -0.15) is 5.10 Å². The molecule has 1 atom stereocenters. The molecule has 0 aliphatic carbocycles. The Balaban J connectivity index is 1.44. The number of carbonyl (C=O) groups excluding carboxylic acids is 1. The Morgan fingerprint density at radius 2 is 2.03 bits per heavy atom. The van der Waals surface area contributed by atoms with Crippen molar-refractivity contribution < 1.29 is 14.0 Å². The highest BCUT2D eigenvalue weighted by Gasteiger charge is 2.30. The van der Waals surface area contributed by atoms with E-state index in [4.69, 9.17) is 4.84 Å². The number of oxime groups is 1. The van der Waals surface area contributed by atoms with Crippen molar-refractivity contribution >= 4 is 33.2 Å². The van der Waals surface area contributed by atoms with E-state index in [-0.39, 0.29) is 11.7 Å². The topological polar surface area (TPSA) is 68.5 Å². The van der Waals surface area contributed by atoms with Gasteiger partial charge in [-0.25, -0.2) is 4.39 Å². The standard InChI is InChI=1S/C22H20BrFN4O2/c1-13-21(14(2)28(26-13)12-15-6-8-18(24)9-7-15)25-22(29)20-11-19(27-30-20)16-4-3-5-17(23)10-16/h3-10,20H,11-12H2,1-2H3,(H,25,29)/t20-/m1/s1. The van der Waals surface area contributed by atoms with Crippen LogP contribution in [-0.2, 0) is 16.2 Å². The maximum Gasteiger partial charge on any atom is 0.268 e. The minimum Gasteiger partial charge on any atom is -0.382 e. The second-order valence-corrected chi connectivity index (χ2v) is 8.08. The Bertz CT molecular complexity index is 1120. The van der Waals surface area contributed by atoms with Crippen LogP contribution in [0.3, 0.4) is 0 Å². The Labute approximate surface area is 181 Å². The molecule has 1 N–H and O–H groups in total. The second-order valence-electron chi connectivity index (χ2n) is 7.17. The van der Waals surface area contributed by atoms with Gasteiger partial charge in [-0.05, 0) is 43.7 Å². The molecule has 3 aromatic rings. The van der Waals surface area contributed by atoms with Crippen molar-refractivity contribution in [2.45, 2.75) is 32.9 Å². The first-order valence-electron chi connectivity index (χ1n) is 9.48. The zero-order valence-electron chi connectivity index (χ0n) is 16.5. The maximum atomic E-state index is 13.1. The Morgan fingerprint density at radius 3 is 2.77 bits per heavy atom. The van der Waals surface area contributed by atoms with Crippen molar-refractivity contribution in [3.05, 3.63) is 81.3 Å². The molecule has 0 spiro atoms. The minimum atomic E-state index is -0.696. The van der Waals surface area contributed by atoms with Crippen LogP contribution in [0.25, 0.3) is 0 Å². The van der Waals surface area contributed by atoms with E-state index >= 15 is 0 Å². The number of anilines is 1. The molecule has 30 heavy (non-hydrogen) atoms. The summed E-state index contributed by atoms with van der Waals surface area (Å²) < 4.78 is 15.9. The molecule has 8 heteroatoms. The maximum absolute atomic E-state index is 13.1. The van der Waals surface area contributed by atoms with Crippen LogP contribution >= 0.6 is 15.9 Å². The number of halogens is 2. The molecule has 2 heterocycles. The average Bonchev–Trinajstić information content (AvgIpc) is 3.31. The van der Waals surface area contributed by atoms with Crippen molar-refractivity contribution in [1.82, 2.24) is 9.78 Å². The molecule has 1 aliphatic heterocycles. The summed E-state index contributed by atoms with van der Waals surface area (Å²) in [7, 11) is 0. The lowest BCUT2D eigenvalue weighted by molar-refractivity contribution is -0.125. The van der Waals surface area contributed by atoms with E-state index in [0.29, 0.717) is 24.3 Å². The Morgan fingerprint density at radius 1 is 1.27 bits per heavy atom. The highest BCUT2D eigenvalue weighted by molar-refractivity contribution is 9.10. The number of hydrogen-bond acceptors (Lipinski definition) is 4. The number of amides is 1. The van der Waals surface area contributed by atoms with Gasteiger partial charge in [0.15, 0.2) is 0 Å². The van der Waals surface area contributed by atoms with Crippen LogP contribution in [-0.4, -0.2) is 27.5 Å². The second kappa shape index (κ2) is 8.39. The molecule has 154 valence electrons. The first-order valence-corrected chi connectivity index (χ1v) is 10.3. The van der Waals surface area contributed by atoms with Gasteiger partial charge < -0.3 is 10.2 Å². The van der Waals surface area contributed by atoms with Crippen LogP contribution in [0.4, 0.5) is 10.1 Å². The monoisotopic (exact) mass is 470 g/mol. The molecular formula is C22H20BrFN4O2. The van der Waals surface area contributed by atoms with Gasteiger partial charge in [-0.3, -0.25) is 9.48 Å². The van der Waals surface area contributed by atoms with Crippen molar-refractivity contribution in [3.63, 3.8) is 0 Å². The molecule has 0 unspecified atom stereocenters. The summed E-state index contributed by atoms with van der Waals surface area (Å²) in [5.41, 5.74) is 4.74. The zero-order chi connectivity index (χ0) is 21.3. The van der Waals surface area contributed by atoms with E-state index in [1.165, 1.54) is 12.1 Å². The lowest BCUT2D eigenvalue weighted by Crippen LogP contribution is -2.28. The van der Waals surface area contributed by atoms with E-state index < -0.39 is 6.10 Å². The SMILES string of the molecule is Cc1nn(Cc2ccc(F)cc2)c(C)c1NC(=O)[C@H]1CC(c2cccc(Br)c2)=NO1. The lowest BCUT2D eigenvalue weighted by atomic mass is 10.0. The largest absolute Gasteiger partial charge is 0.382 e. The Hall–Kier alpha value is -3.00. The highest BCUT2D eigenvalue weighted by Crippen LogP contribution is 2.24. The fourth-order valence-electron chi connectivity index (χ4n) is 3.35. The summed E-state index contributed by atoms with van der Waals surface area (Å²) in [4.78, 5) is 18.2. The fraction of sp³-hybridized carbons (Fsp3) is 0.227. The summed E-state index contributed by atoms with van der Waals surface area (Å²) in [5, 5.41) is 11.5. The smallest absolute Gasteiger partial charge is 0.268 e. The summed E-state index contributed by atoms with van der Waals surface area (Å²) in [6.07, 6.45) is -0.303. The molecule has 0 saturated heterocycles. The van der Waals surface area contributed by atoms with Gasteiger partial charge in [0.1, 0.15) is 5.82 Å². The first-order chi connectivity index (χ1) is 14.4. The number of carbonyl (C=O) groups is 1. The van der Waals surface area contributed by atoms with Crippen molar-refractivity contribution in [2.24, 2.45) is 5.16 Å².